The summed E-state index contributed by atoms with van der Waals surface area (Å²) in [7, 11) is 6.81. The molecule has 0 N–H and O–H groups in total. The second-order valence-corrected chi connectivity index (χ2v) is 11.8. The molecule has 11 heteroatoms. The number of carbonyl (C=O) groups is 2. The highest BCUT2D eigenvalue weighted by Gasteiger charge is 2.22. The van der Waals surface area contributed by atoms with Crippen LogP contribution in [-0.2, 0) is 35.0 Å². The van der Waals surface area contributed by atoms with Gasteiger partial charge in [0.1, 0.15) is 13.2 Å². The fraction of sp³-hybridized carbons (Fsp3) is 0.692. The lowest BCUT2D eigenvalue weighted by atomic mass is 10.1. The van der Waals surface area contributed by atoms with Crippen LogP contribution >= 0.6 is 21.6 Å². The van der Waals surface area contributed by atoms with E-state index in [4.69, 9.17) is 28.4 Å². The maximum absolute atomic E-state index is 12.4. The Morgan fingerprint density at radius 3 is 2.03 bits per heavy atom. The Hall–Kier alpha value is -1.66. The van der Waals surface area contributed by atoms with E-state index in [0.29, 0.717) is 49.4 Å². The maximum Gasteiger partial charge on any atom is 0.320 e. The van der Waals surface area contributed by atoms with Crippen LogP contribution in [0.2, 0.25) is 0 Å². The van der Waals surface area contributed by atoms with Gasteiger partial charge >= 0.3 is 11.9 Å². The van der Waals surface area contributed by atoms with Crippen LogP contribution in [0.15, 0.2) is 18.2 Å². The summed E-state index contributed by atoms with van der Waals surface area (Å²) in [5.74, 6) is 1.97. The predicted octanol–water partition coefficient (Wildman–Crippen LogP) is 4.07. The zero-order valence-corrected chi connectivity index (χ0v) is 23.4. The van der Waals surface area contributed by atoms with Gasteiger partial charge in [-0.15, -0.1) is 0 Å². The monoisotopic (exact) mass is 557 g/mol. The first-order valence-electron chi connectivity index (χ1n) is 12.9. The molecule has 0 amide bonds. The number of ether oxygens (including phenoxy) is 6. The predicted molar refractivity (Wildman–Crippen MR) is 144 cm³/mol. The molecule has 0 aromatic heterocycles. The van der Waals surface area contributed by atoms with E-state index in [2.05, 4.69) is 0 Å². The Morgan fingerprint density at radius 2 is 1.46 bits per heavy atom. The molecule has 0 spiro atoms. The number of esters is 2. The molecule has 2 fully saturated rings. The van der Waals surface area contributed by atoms with Gasteiger partial charge in [0, 0.05) is 24.3 Å². The summed E-state index contributed by atoms with van der Waals surface area (Å²) < 4.78 is 34.2. The van der Waals surface area contributed by atoms with Gasteiger partial charge in [-0.3, -0.25) is 14.5 Å². The van der Waals surface area contributed by atoms with Crippen molar-refractivity contribution in [2.75, 3.05) is 58.6 Å². The second-order valence-electron chi connectivity index (χ2n) is 9.11. The summed E-state index contributed by atoms with van der Waals surface area (Å²) in [5.41, 5.74) is 0.786. The van der Waals surface area contributed by atoms with E-state index in [0.717, 1.165) is 44.1 Å². The van der Waals surface area contributed by atoms with Gasteiger partial charge < -0.3 is 28.4 Å². The maximum atomic E-state index is 12.4. The SMILES string of the molecule is CN(C)CC(=O)OCCSSCCOC(=O)Cc1ccc(OC2CCCCO2)c(OC2CCCCO2)c1. The van der Waals surface area contributed by atoms with Crippen molar-refractivity contribution in [3.8, 4) is 11.5 Å². The van der Waals surface area contributed by atoms with Crippen molar-refractivity contribution in [2.45, 2.75) is 57.5 Å². The first kappa shape index (κ1) is 29.9. The average molecular weight is 558 g/mol. The van der Waals surface area contributed by atoms with Gasteiger partial charge in [0.15, 0.2) is 24.1 Å². The smallest absolute Gasteiger partial charge is 0.320 e. The third-order valence-electron chi connectivity index (χ3n) is 5.54. The van der Waals surface area contributed by atoms with Crippen LogP contribution in [0.5, 0.6) is 11.5 Å². The van der Waals surface area contributed by atoms with Crippen molar-refractivity contribution in [3.05, 3.63) is 23.8 Å². The highest BCUT2D eigenvalue weighted by molar-refractivity contribution is 8.76. The van der Waals surface area contributed by atoms with E-state index >= 15 is 0 Å². The first-order valence-corrected chi connectivity index (χ1v) is 15.4. The Balaban J connectivity index is 1.40. The second kappa shape index (κ2) is 17.0. The fourth-order valence-electron chi connectivity index (χ4n) is 3.76. The van der Waals surface area contributed by atoms with Gasteiger partial charge in [0.05, 0.1) is 26.2 Å². The molecular weight excluding hydrogens is 518 g/mol. The third-order valence-corrected chi connectivity index (χ3v) is 7.87. The molecule has 2 heterocycles. The van der Waals surface area contributed by atoms with E-state index in [1.807, 2.05) is 32.3 Å². The van der Waals surface area contributed by atoms with E-state index in [-0.39, 0.29) is 37.5 Å². The van der Waals surface area contributed by atoms with Crippen molar-refractivity contribution in [3.63, 3.8) is 0 Å². The zero-order chi connectivity index (χ0) is 26.3. The summed E-state index contributed by atoms with van der Waals surface area (Å²) in [5, 5.41) is 0. The molecule has 0 bridgehead atoms. The molecule has 9 nitrogen and oxygen atoms in total. The third kappa shape index (κ3) is 12.2. The van der Waals surface area contributed by atoms with Crippen LogP contribution in [0.1, 0.15) is 44.1 Å². The van der Waals surface area contributed by atoms with Crippen molar-refractivity contribution in [2.24, 2.45) is 0 Å². The minimum absolute atomic E-state index is 0.141. The molecule has 2 saturated heterocycles. The summed E-state index contributed by atoms with van der Waals surface area (Å²) in [4.78, 5) is 25.6. The van der Waals surface area contributed by atoms with Crippen molar-refractivity contribution >= 4 is 33.5 Å². The number of likely N-dealkylation sites (N-methyl/N-ethyl adjacent to an activating group) is 1. The Labute approximate surface area is 227 Å². The number of carbonyl (C=O) groups excluding carboxylic acids is 2. The molecule has 208 valence electrons. The minimum atomic E-state index is -0.323. The van der Waals surface area contributed by atoms with E-state index in [1.165, 1.54) is 0 Å². The molecule has 2 aliphatic heterocycles. The fourth-order valence-corrected chi connectivity index (χ4v) is 5.42. The van der Waals surface area contributed by atoms with Gasteiger partial charge in [-0.05, 0) is 57.5 Å². The lowest BCUT2D eigenvalue weighted by molar-refractivity contribution is -0.144. The van der Waals surface area contributed by atoms with Gasteiger partial charge in [-0.25, -0.2) is 0 Å². The van der Waals surface area contributed by atoms with Crippen LogP contribution in [-0.4, -0.2) is 88.0 Å². The average Bonchev–Trinajstić information content (AvgIpc) is 2.88. The molecule has 3 rings (SSSR count). The summed E-state index contributed by atoms with van der Waals surface area (Å²) >= 11 is 0. The Kier molecular flexibility index (Phi) is 13.8. The molecule has 0 saturated carbocycles. The van der Waals surface area contributed by atoms with Crippen molar-refractivity contribution in [1.29, 1.82) is 0 Å². The Bertz CT molecular complexity index is 829. The van der Waals surface area contributed by atoms with Crippen LogP contribution in [0, 0.1) is 0 Å². The van der Waals surface area contributed by atoms with E-state index in [9.17, 15) is 9.59 Å². The molecule has 2 unspecified atom stereocenters. The summed E-state index contributed by atoms with van der Waals surface area (Å²) in [6.45, 7) is 2.33. The van der Waals surface area contributed by atoms with Gasteiger partial charge in [-0.2, -0.15) is 0 Å². The standard InChI is InChI=1S/C26H39NO8S2/c1-27(2)19-24(29)31-14-16-37-36-15-13-30-23(28)18-20-9-10-21(34-25-7-3-5-11-32-25)22(17-20)35-26-8-4-6-12-33-26/h9-10,17,25-26H,3-8,11-16,18-19H2,1-2H3. The molecule has 37 heavy (non-hydrogen) atoms. The molecule has 1 aromatic rings. The quantitative estimate of drug-likeness (QED) is 0.177. The number of nitrogens with zero attached hydrogens (tertiary/aromatic N) is 1. The number of hydrogen-bond acceptors (Lipinski definition) is 11. The molecule has 2 aliphatic rings. The number of rotatable bonds is 15. The lowest BCUT2D eigenvalue weighted by Gasteiger charge is -2.27. The van der Waals surface area contributed by atoms with Crippen LogP contribution in [0.25, 0.3) is 0 Å². The van der Waals surface area contributed by atoms with Gasteiger partial charge in [0.25, 0.3) is 0 Å². The molecule has 0 radical (unpaired) electrons. The van der Waals surface area contributed by atoms with Crippen molar-refractivity contribution < 1.29 is 38.0 Å². The molecule has 1 aromatic carbocycles. The van der Waals surface area contributed by atoms with Crippen LogP contribution in [0.4, 0.5) is 0 Å². The topological polar surface area (TPSA) is 92.8 Å². The summed E-state index contributed by atoms with van der Waals surface area (Å²) in [6.07, 6.45) is 5.38. The number of hydrogen-bond donors (Lipinski definition) is 0. The van der Waals surface area contributed by atoms with Gasteiger partial charge in [0.2, 0.25) is 0 Å². The van der Waals surface area contributed by atoms with E-state index < -0.39 is 0 Å². The highest BCUT2D eigenvalue weighted by atomic mass is 33.1. The Morgan fingerprint density at radius 1 is 0.865 bits per heavy atom. The first-order chi connectivity index (χ1) is 18.0. The minimum Gasteiger partial charge on any atom is -0.465 e. The van der Waals surface area contributed by atoms with Gasteiger partial charge in [-0.1, -0.05) is 27.7 Å². The normalized spacial score (nSPS) is 19.9. The molecular formula is C26H39NO8S2. The lowest BCUT2D eigenvalue weighted by Crippen LogP contribution is -2.27. The summed E-state index contributed by atoms with van der Waals surface area (Å²) in [6, 6.07) is 5.52. The van der Waals surface area contributed by atoms with Crippen molar-refractivity contribution in [1.82, 2.24) is 4.90 Å². The molecule has 2 atom stereocenters. The largest absolute Gasteiger partial charge is 0.465 e. The van der Waals surface area contributed by atoms with E-state index in [1.54, 1.807) is 26.5 Å². The number of benzene rings is 1. The van der Waals surface area contributed by atoms with Crippen LogP contribution in [0.3, 0.4) is 0 Å². The molecule has 0 aliphatic carbocycles. The highest BCUT2D eigenvalue weighted by Crippen LogP contribution is 2.33. The zero-order valence-electron chi connectivity index (χ0n) is 21.8. The van der Waals surface area contributed by atoms with Crippen LogP contribution < -0.4 is 9.47 Å².